The lowest BCUT2D eigenvalue weighted by Crippen LogP contribution is -2.29. The molecule has 0 atom stereocenters. The summed E-state index contributed by atoms with van der Waals surface area (Å²) in [4.78, 5) is 23.5. The van der Waals surface area contributed by atoms with E-state index < -0.39 is 12.3 Å². The van der Waals surface area contributed by atoms with E-state index in [1.165, 1.54) is 36.2 Å². The van der Waals surface area contributed by atoms with Gasteiger partial charge in [0, 0.05) is 20.0 Å². The first-order valence-electron chi connectivity index (χ1n) is 6.48. The molecule has 0 aliphatic rings. The standard InChI is InChI=1S/C14H16F3NO4/c1-18(9-8-13(20)21)12(19)7-4-10-2-5-11(6-3-10)22-14(15,16)17/h2-3,5-6H,4,7-9H2,1H3,(H,20,21). The Morgan fingerprint density at radius 3 is 2.27 bits per heavy atom. The van der Waals surface area contributed by atoms with E-state index in [2.05, 4.69) is 4.74 Å². The van der Waals surface area contributed by atoms with Crippen molar-refractivity contribution >= 4 is 11.9 Å². The van der Waals surface area contributed by atoms with E-state index in [0.717, 1.165) is 0 Å². The van der Waals surface area contributed by atoms with Crippen LogP contribution in [0.15, 0.2) is 24.3 Å². The number of aliphatic carboxylic acids is 1. The number of carboxylic acid groups (broad SMARTS) is 1. The molecule has 0 saturated carbocycles. The molecule has 0 bridgehead atoms. The molecule has 0 saturated heterocycles. The van der Waals surface area contributed by atoms with Crippen molar-refractivity contribution in [1.82, 2.24) is 4.90 Å². The smallest absolute Gasteiger partial charge is 0.481 e. The summed E-state index contributed by atoms with van der Waals surface area (Å²) in [6.45, 7) is 0.118. The lowest BCUT2D eigenvalue weighted by Gasteiger charge is -2.16. The molecule has 5 nitrogen and oxygen atoms in total. The van der Waals surface area contributed by atoms with Gasteiger partial charge in [-0.2, -0.15) is 0 Å². The number of carbonyl (C=O) groups is 2. The van der Waals surface area contributed by atoms with Crippen LogP contribution in [-0.4, -0.2) is 41.8 Å². The van der Waals surface area contributed by atoms with Crippen molar-refractivity contribution in [3.05, 3.63) is 29.8 Å². The van der Waals surface area contributed by atoms with E-state index in [9.17, 15) is 22.8 Å². The van der Waals surface area contributed by atoms with Crippen LogP contribution in [0.3, 0.4) is 0 Å². The molecule has 0 unspecified atom stereocenters. The Morgan fingerprint density at radius 1 is 1.18 bits per heavy atom. The molecule has 0 radical (unpaired) electrons. The van der Waals surface area contributed by atoms with E-state index >= 15 is 0 Å². The number of rotatable bonds is 7. The number of carboxylic acids is 1. The molecule has 0 aliphatic carbocycles. The highest BCUT2D eigenvalue weighted by molar-refractivity contribution is 5.77. The van der Waals surface area contributed by atoms with Crippen LogP contribution in [0, 0.1) is 0 Å². The highest BCUT2D eigenvalue weighted by Gasteiger charge is 2.30. The number of nitrogens with zero attached hydrogens (tertiary/aromatic N) is 1. The Balaban J connectivity index is 2.44. The van der Waals surface area contributed by atoms with Crippen LogP contribution in [0.4, 0.5) is 13.2 Å². The number of halogens is 3. The molecule has 8 heteroatoms. The van der Waals surface area contributed by atoms with Gasteiger partial charge in [0.2, 0.25) is 5.91 Å². The molecule has 0 aromatic heterocycles. The molecule has 1 aromatic carbocycles. The van der Waals surface area contributed by atoms with Gasteiger partial charge in [0.1, 0.15) is 5.75 Å². The van der Waals surface area contributed by atoms with Gasteiger partial charge in [-0.05, 0) is 24.1 Å². The average molecular weight is 319 g/mol. The topological polar surface area (TPSA) is 66.8 Å². The first-order chi connectivity index (χ1) is 10.2. The second-order valence-electron chi connectivity index (χ2n) is 4.65. The Bertz CT molecular complexity index is 514. The first-order valence-corrected chi connectivity index (χ1v) is 6.48. The van der Waals surface area contributed by atoms with Crippen molar-refractivity contribution in [1.29, 1.82) is 0 Å². The highest BCUT2D eigenvalue weighted by Crippen LogP contribution is 2.23. The van der Waals surface area contributed by atoms with Crippen LogP contribution in [0.1, 0.15) is 18.4 Å². The molecule has 122 valence electrons. The number of carbonyl (C=O) groups excluding carboxylic acids is 1. The maximum absolute atomic E-state index is 12.0. The summed E-state index contributed by atoms with van der Waals surface area (Å²) in [6, 6.07) is 5.26. The minimum atomic E-state index is -4.73. The van der Waals surface area contributed by atoms with Gasteiger partial charge in [-0.25, -0.2) is 0 Å². The van der Waals surface area contributed by atoms with E-state index in [1.807, 2.05) is 0 Å². The number of ether oxygens (including phenoxy) is 1. The number of hydrogen-bond donors (Lipinski definition) is 1. The van der Waals surface area contributed by atoms with Gasteiger partial charge in [0.05, 0.1) is 6.42 Å². The highest BCUT2D eigenvalue weighted by atomic mass is 19.4. The van der Waals surface area contributed by atoms with E-state index in [-0.39, 0.29) is 31.0 Å². The fourth-order valence-corrected chi connectivity index (χ4v) is 1.69. The van der Waals surface area contributed by atoms with Gasteiger partial charge in [-0.3, -0.25) is 9.59 Å². The third-order valence-corrected chi connectivity index (χ3v) is 2.87. The summed E-state index contributed by atoms with van der Waals surface area (Å²) >= 11 is 0. The maximum Gasteiger partial charge on any atom is 0.573 e. The third kappa shape index (κ3) is 6.96. The Hall–Kier alpha value is -2.25. The SMILES string of the molecule is CN(CCC(=O)O)C(=O)CCc1ccc(OC(F)(F)F)cc1. The lowest BCUT2D eigenvalue weighted by atomic mass is 10.1. The summed E-state index contributed by atoms with van der Waals surface area (Å²) in [5, 5.41) is 8.53. The van der Waals surface area contributed by atoms with Crippen LogP contribution >= 0.6 is 0 Å². The first kappa shape index (κ1) is 17.8. The molecular formula is C14H16F3NO4. The number of hydrogen-bond acceptors (Lipinski definition) is 3. The molecule has 1 aromatic rings. The normalized spacial score (nSPS) is 11.1. The molecule has 22 heavy (non-hydrogen) atoms. The molecule has 0 heterocycles. The zero-order chi connectivity index (χ0) is 16.8. The van der Waals surface area contributed by atoms with Crippen molar-refractivity contribution in [2.75, 3.05) is 13.6 Å². The number of aryl methyl sites for hydroxylation is 1. The van der Waals surface area contributed by atoms with Crippen LogP contribution in [0.25, 0.3) is 0 Å². The number of amides is 1. The Kier molecular flexibility index (Phi) is 6.21. The predicted octanol–water partition coefficient (Wildman–Crippen LogP) is 2.45. The van der Waals surface area contributed by atoms with Gasteiger partial charge >= 0.3 is 12.3 Å². The molecular weight excluding hydrogens is 303 g/mol. The van der Waals surface area contributed by atoms with E-state index in [1.54, 1.807) is 0 Å². The maximum atomic E-state index is 12.0. The van der Waals surface area contributed by atoms with Gasteiger partial charge in [0.15, 0.2) is 0 Å². The molecule has 1 amide bonds. The van der Waals surface area contributed by atoms with Crippen molar-refractivity contribution in [3.8, 4) is 5.75 Å². The predicted molar refractivity (Wildman–Crippen MR) is 71.3 cm³/mol. The van der Waals surface area contributed by atoms with Crippen LogP contribution in [0.2, 0.25) is 0 Å². The Labute approximate surface area is 125 Å². The monoisotopic (exact) mass is 319 g/mol. The van der Waals surface area contributed by atoms with Gasteiger partial charge in [0.25, 0.3) is 0 Å². The zero-order valence-electron chi connectivity index (χ0n) is 11.9. The summed E-state index contributed by atoms with van der Waals surface area (Å²) in [7, 11) is 1.51. The molecule has 1 rings (SSSR count). The molecule has 1 N–H and O–H groups in total. The quantitative estimate of drug-likeness (QED) is 0.838. The van der Waals surface area contributed by atoms with Crippen LogP contribution < -0.4 is 4.74 Å². The van der Waals surface area contributed by atoms with Crippen molar-refractivity contribution in [3.63, 3.8) is 0 Å². The fourth-order valence-electron chi connectivity index (χ4n) is 1.69. The van der Waals surface area contributed by atoms with E-state index in [0.29, 0.717) is 12.0 Å². The second-order valence-corrected chi connectivity index (χ2v) is 4.65. The minimum absolute atomic E-state index is 0.118. The summed E-state index contributed by atoms with van der Waals surface area (Å²) in [6.07, 6.45) is -4.37. The van der Waals surface area contributed by atoms with Gasteiger partial charge in [-0.1, -0.05) is 12.1 Å². The fraction of sp³-hybridized carbons (Fsp3) is 0.429. The van der Waals surface area contributed by atoms with E-state index in [4.69, 9.17) is 5.11 Å². The molecule has 0 fully saturated rings. The van der Waals surface area contributed by atoms with Gasteiger partial charge in [-0.15, -0.1) is 13.2 Å². The zero-order valence-corrected chi connectivity index (χ0v) is 11.9. The van der Waals surface area contributed by atoms with Crippen molar-refractivity contribution in [2.45, 2.75) is 25.6 Å². The summed E-state index contributed by atoms with van der Waals surface area (Å²) < 4.78 is 39.7. The number of benzene rings is 1. The van der Waals surface area contributed by atoms with Crippen LogP contribution in [0.5, 0.6) is 5.75 Å². The molecule has 0 aliphatic heterocycles. The Morgan fingerprint density at radius 2 is 1.77 bits per heavy atom. The van der Waals surface area contributed by atoms with Crippen molar-refractivity contribution < 1.29 is 32.6 Å². The summed E-state index contributed by atoms with van der Waals surface area (Å²) in [5.41, 5.74) is 0.689. The third-order valence-electron chi connectivity index (χ3n) is 2.87. The lowest BCUT2D eigenvalue weighted by molar-refractivity contribution is -0.274. The largest absolute Gasteiger partial charge is 0.573 e. The van der Waals surface area contributed by atoms with Gasteiger partial charge < -0.3 is 14.7 Å². The van der Waals surface area contributed by atoms with Crippen LogP contribution in [-0.2, 0) is 16.0 Å². The molecule has 0 spiro atoms. The minimum Gasteiger partial charge on any atom is -0.481 e. The van der Waals surface area contributed by atoms with Crippen molar-refractivity contribution in [2.24, 2.45) is 0 Å². The second kappa shape index (κ2) is 7.67. The number of alkyl halides is 3. The summed E-state index contributed by atoms with van der Waals surface area (Å²) in [5.74, 6) is -1.53. The average Bonchev–Trinajstić information content (AvgIpc) is 2.42.